The highest BCUT2D eigenvalue weighted by molar-refractivity contribution is 5.89. The molecule has 0 radical (unpaired) electrons. The minimum atomic E-state index is -0.340. The van der Waals surface area contributed by atoms with E-state index in [9.17, 15) is 4.79 Å². The van der Waals surface area contributed by atoms with Gasteiger partial charge in [-0.05, 0) is 30.7 Å². The monoisotopic (exact) mass is 423 g/mol. The molecule has 0 aliphatic heterocycles. The van der Waals surface area contributed by atoms with E-state index in [1.165, 1.54) is 0 Å². The normalized spacial score (nSPS) is 10.2. The SMILES string of the molecule is COc1cc(NC(=O)NCCNc2ccc(Nc3ccc(C)cn3)nn2)cc(OC)c1. The van der Waals surface area contributed by atoms with Crippen LogP contribution in [0.4, 0.5) is 27.9 Å². The summed E-state index contributed by atoms with van der Waals surface area (Å²) < 4.78 is 10.4. The molecule has 0 aliphatic carbocycles. The van der Waals surface area contributed by atoms with Gasteiger partial charge < -0.3 is 30.7 Å². The summed E-state index contributed by atoms with van der Waals surface area (Å²) in [4.78, 5) is 16.4. The maximum absolute atomic E-state index is 12.1. The van der Waals surface area contributed by atoms with Crippen molar-refractivity contribution in [3.8, 4) is 11.5 Å². The molecule has 4 N–H and O–H groups in total. The van der Waals surface area contributed by atoms with Crippen LogP contribution in [0, 0.1) is 6.92 Å². The van der Waals surface area contributed by atoms with Crippen LogP contribution in [-0.2, 0) is 0 Å². The molecule has 31 heavy (non-hydrogen) atoms. The van der Waals surface area contributed by atoms with Crippen LogP contribution >= 0.6 is 0 Å². The summed E-state index contributed by atoms with van der Waals surface area (Å²) in [5.74, 6) is 3.07. The fraction of sp³-hybridized carbons (Fsp3) is 0.238. The molecule has 3 aromatic rings. The van der Waals surface area contributed by atoms with Gasteiger partial charge in [0.2, 0.25) is 0 Å². The summed E-state index contributed by atoms with van der Waals surface area (Å²) in [6, 6.07) is 12.2. The molecule has 0 atom stereocenters. The molecule has 10 nitrogen and oxygen atoms in total. The fourth-order valence-corrected chi connectivity index (χ4v) is 2.59. The maximum Gasteiger partial charge on any atom is 0.319 e. The number of hydrogen-bond acceptors (Lipinski definition) is 8. The maximum atomic E-state index is 12.1. The third-order valence-corrected chi connectivity index (χ3v) is 4.16. The number of anilines is 4. The Morgan fingerprint density at radius 2 is 1.58 bits per heavy atom. The van der Waals surface area contributed by atoms with Crippen LogP contribution in [0.1, 0.15) is 5.56 Å². The topological polar surface area (TPSA) is 122 Å². The van der Waals surface area contributed by atoms with E-state index in [0.29, 0.717) is 47.7 Å². The van der Waals surface area contributed by atoms with Gasteiger partial charge in [0.25, 0.3) is 0 Å². The van der Waals surface area contributed by atoms with Crippen LogP contribution < -0.4 is 30.7 Å². The van der Waals surface area contributed by atoms with Gasteiger partial charge in [-0.25, -0.2) is 9.78 Å². The number of amides is 2. The third-order valence-electron chi connectivity index (χ3n) is 4.16. The van der Waals surface area contributed by atoms with Crippen molar-refractivity contribution in [1.29, 1.82) is 0 Å². The number of urea groups is 1. The van der Waals surface area contributed by atoms with Gasteiger partial charge in [0.05, 0.1) is 14.2 Å². The van der Waals surface area contributed by atoms with Crippen LogP contribution in [0.3, 0.4) is 0 Å². The summed E-state index contributed by atoms with van der Waals surface area (Å²) in [5.41, 5.74) is 1.65. The zero-order valence-electron chi connectivity index (χ0n) is 17.6. The Kier molecular flexibility index (Phi) is 7.41. The smallest absolute Gasteiger partial charge is 0.319 e. The average Bonchev–Trinajstić information content (AvgIpc) is 2.79. The summed E-state index contributed by atoms with van der Waals surface area (Å²) in [6.45, 7) is 2.85. The van der Waals surface area contributed by atoms with E-state index in [1.54, 1.807) is 50.7 Å². The zero-order valence-corrected chi connectivity index (χ0v) is 17.6. The largest absolute Gasteiger partial charge is 0.497 e. The van der Waals surface area contributed by atoms with Crippen LogP contribution in [0.5, 0.6) is 11.5 Å². The average molecular weight is 423 g/mol. The second-order valence-corrected chi connectivity index (χ2v) is 6.56. The van der Waals surface area contributed by atoms with E-state index in [-0.39, 0.29) is 6.03 Å². The van der Waals surface area contributed by atoms with Gasteiger partial charge in [0, 0.05) is 43.2 Å². The Hall–Kier alpha value is -4.08. The third kappa shape index (κ3) is 6.74. The summed E-state index contributed by atoms with van der Waals surface area (Å²) in [7, 11) is 3.10. The van der Waals surface area contributed by atoms with Crippen molar-refractivity contribution in [3.63, 3.8) is 0 Å². The number of aryl methyl sites for hydroxylation is 1. The quantitative estimate of drug-likeness (QED) is 0.387. The fourth-order valence-electron chi connectivity index (χ4n) is 2.59. The first-order valence-corrected chi connectivity index (χ1v) is 9.61. The van der Waals surface area contributed by atoms with Crippen molar-refractivity contribution in [1.82, 2.24) is 20.5 Å². The van der Waals surface area contributed by atoms with Crippen molar-refractivity contribution < 1.29 is 14.3 Å². The molecule has 2 aromatic heterocycles. The van der Waals surface area contributed by atoms with Crippen molar-refractivity contribution >= 4 is 29.2 Å². The molecule has 0 bridgehead atoms. The molecule has 10 heteroatoms. The van der Waals surface area contributed by atoms with Crippen molar-refractivity contribution in [2.24, 2.45) is 0 Å². The first-order valence-electron chi connectivity index (χ1n) is 9.61. The molecule has 0 saturated carbocycles. The highest BCUT2D eigenvalue weighted by atomic mass is 16.5. The Balaban J connectivity index is 1.41. The minimum absolute atomic E-state index is 0.340. The molecule has 2 amide bonds. The number of pyridine rings is 1. The molecule has 2 heterocycles. The van der Waals surface area contributed by atoms with E-state index in [4.69, 9.17) is 9.47 Å². The predicted octanol–water partition coefficient (Wildman–Crippen LogP) is 3.17. The van der Waals surface area contributed by atoms with Crippen molar-refractivity contribution in [2.45, 2.75) is 6.92 Å². The van der Waals surface area contributed by atoms with E-state index in [2.05, 4.69) is 36.4 Å². The Bertz CT molecular complexity index is 973. The van der Waals surface area contributed by atoms with Crippen molar-refractivity contribution in [3.05, 3.63) is 54.2 Å². The highest BCUT2D eigenvalue weighted by Gasteiger charge is 2.06. The van der Waals surface area contributed by atoms with Gasteiger partial charge in [-0.1, -0.05) is 6.07 Å². The number of methoxy groups -OCH3 is 2. The first-order chi connectivity index (χ1) is 15.1. The number of rotatable bonds is 9. The number of nitrogens with zero attached hydrogens (tertiary/aromatic N) is 3. The van der Waals surface area contributed by atoms with E-state index < -0.39 is 0 Å². The Morgan fingerprint density at radius 1 is 0.903 bits per heavy atom. The number of benzene rings is 1. The van der Waals surface area contributed by atoms with Gasteiger partial charge in [0.1, 0.15) is 23.1 Å². The van der Waals surface area contributed by atoms with Crippen LogP contribution in [-0.4, -0.2) is 48.5 Å². The second-order valence-electron chi connectivity index (χ2n) is 6.56. The number of aromatic nitrogens is 3. The Labute approximate surface area is 180 Å². The molecule has 1 aromatic carbocycles. The highest BCUT2D eigenvalue weighted by Crippen LogP contribution is 2.25. The predicted molar refractivity (Wildman–Crippen MR) is 119 cm³/mol. The molecule has 0 unspecified atom stereocenters. The number of nitrogens with one attached hydrogen (secondary N) is 4. The van der Waals surface area contributed by atoms with Crippen molar-refractivity contribution in [2.75, 3.05) is 43.3 Å². The molecule has 162 valence electrons. The Morgan fingerprint density at radius 3 is 2.19 bits per heavy atom. The van der Waals surface area contributed by atoms with Crippen LogP contribution in [0.15, 0.2) is 48.7 Å². The lowest BCUT2D eigenvalue weighted by Crippen LogP contribution is -2.32. The van der Waals surface area contributed by atoms with Crippen LogP contribution in [0.25, 0.3) is 0 Å². The number of ether oxygens (including phenoxy) is 2. The molecule has 0 saturated heterocycles. The molecule has 3 rings (SSSR count). The zero-order chi connectivity index (χ0) is 22.1. The number of carbonyl (C=O) groups is 1. The molecule has 0 spiro atoms. The lowest BCUT2D eigenvalue weighted by Gasteiger charge is -2.11. The molecule has 0 aliphatic rings. The second kappa shape index (κ2) is 10.6. The molecular weight excluding hydrogens is 398 g/mol. The van der Waals surface area contributed by atoms with Gasteiger partial charge in [0.15, 0.2) is 5.82 Å². The lowest BCUT2D eigenvalue weighted by molar-refractivity contribution is 0.252. The van der Waals surface area contributed by atoms with E-state index in [1.807, 2.05) is 19.1 Å². The van der Waals surface area contributed by atoms with Gasteiger partial charge in [-0.3, -0.25) is 0 Å². The number of carbonyl (C=O) groups excluding carboxylic acids is 1. The van der Waals surface area contributed by atoms with Gasteiger partial charge in [-0.15, -0.1) is 10.2 Å². The van der Waals surface area contributed by atoms with Crippen LogP contribution in [0.2, 0.25) is 0 Å². The lowest BCUT2D eigenvalue weighted by atomic mass is 10.3. The molecule has 0 fully saturated rings. The molecular formula is C21H25N7O3. The first kappa shape index (κ1) is 21.6. The van der Waals surface area contributed by atoms with E-state index >= 15 is 0 Å². The van der Waals surface area contributed by atoms with E-state index in [0.717, 1.165) is 5.56 Å². The van der Waals surface area contributed by atoms with Gasteiger partial charge in [-0.2, -0.15) is 0 Å². The summed E-state index contributed by atoms with van der Waals surface area (Å²) >= 11 is 0. The summed E-state index contributed by atoms with van der Waals surface area (Å²) in [5, 5.41) is 19.9. The minimum Gasteiger partial charge on any atom is -0.497 e. The number of hydrogen-bond donors (Lipinski definition) is 4. The standard InChI is InChI=1S/C21H25N7O3/c1-14-4-5-18(24-13-14)26-20-7-6-19(27-28-20)22-8-9-23-21(29)25-15-10-16(30-2)12-17(11-15)31-3/h4-7,10-13H,8-9H2,1-3H3,(H,22,27)(H2,23,25,29)(H,24,26,28). The van der Waals surface area contributed by atoms with Gasteiger partial charge >= 0.3 is 6.03 Å². The summed E-state index contributed by atoms with van der Waals surface area (Å²) in [6.07, 6.45) is 1.78.